The number of nitrogens with zero attached hydrogens (tertiary/aromatic N) is 1. The third kappa shape index (κ3) is 3.45. The molecular weight excluding hydrogens is 296 g/mol. The van der Waals surface area contributed by atoms with E-state index in [0.29, 0.717) is 11.5 Å². The van der Waals surface area contributed by atoms with Gasteiger partial charge in [-0.05, 0) is 41.8 Å². The van der Waals surface area contributed by atoms with E-state index in [4.69, 9.17) is 0 Å². The van der Waals surface area contributed by atoms with Crippen molar-refractivity contribution in [1.82, 2.24) is 0 Å². The Hall–Kier alpha value is -1.10. The minimum atomic E-state index is -0.346. The van der Waals surface area contributed by atoms with Crippen molar-refractivity contribution in [3.63, 3.8) is 0 Å². The molecule has 1 aromatic rings. The lowest BCUT2D eigenvalue weighted by Gasteiger charge is -2.22. The zero-order valence-electron chi connectivity index (χ0n) is 11.2. The highest BCUT2D eigenvalue weighted by molar-refractivity contribution is 9.10. The third-order valence-corrected chi connectivity index (χ3v) is 4.02. The van der Waals surface area contributed by atoms with Gasteiger partial charge in [0.15, 0.2) is 0 Å². The summed E-state index contributed by atoms with van der Waals surface area (Å²) >= 11 is 3.44. The fraction of sp³-hybridized carbons (Fsp3) is 0.538. The van der Waals surface area contributed by atoms with Crippen molar-refractivity contribution >= 4 is 27.3 Å². The minimum Gasteiger partial charge on any atom is -0.381 e. The summed E-state index contributed by atoms with van der Waals surface area (Å²) in [6, 6.07) is 3.65. The van der Waals surface area contributed by atoms with Crippen molar-refractivity contribution < 1.29 is 4.92 Å². The van der Waals surface area contributed by atoms with Gasteiger partial charge in [0.05, 0.1) is 10.6 Å². The van der Waals surface area contributed by atoms with Crippen LogP contribution in [-0.4, -0.2) is 11.0 Å². The van der Waals surface area contributed by atoms with Crippen LogP contribution in [0.3, 0.4) is 0 Å². The zero-order valence-corrected chi connectivity index (χ0v) is 12.7. The summed E-state index contributed by atoms with van der Waals surface area (Å²) in [5.41, 5.74) is 1.59. The van der Waals surface area contributed by atoms with Crippen molar-refractivity contribution in [2.24, 2.45) is 5.92 Å². The fourth-order valence-electron chi connectivity index (χ4n) is 1.71. The Balaban J connectivity index is 3.02. The van der Waals surface area contributed by atoms with Gasteiger partial charge in [0.1, 0.15) is 0 Å². The van der Waals surface area contributed by atoms with E-state index in [1.807, 2.05) is 0 Å². The Morgan fingerprint density at radius 1 is 1.44 bits per heavy atom. The van der Waals surface area contributed by atoms with Gasteiger partial charge < -0.3 is 5.32 Å². The number of aryl methyl sites for hydroxylation is 1. The van der Waals surface area contributed by atoms with Crippen LogP contribution in [0.5, 0.6) is 0 Å². The van der Waals surface area contributed by atoms with Gasteiger partial charge in [-0.15, -0.1) is 0 Å². The summed E-state index contributed by atoms with van der Waals surface area (Å²) in [6.07, 6.45) is 1.07. The van der Waals surface area contributed by atoms with Crippen LogP contribution in [0.2, 0.25) is 0 Å². The van der Waals surface area contributed by atoms with Crippen LogP contribution in [-0.2, 0) is 0 Å². The average Bonchev–Trinajstić information content (AvgIpc) is 2.30. The van der Waals surface area contributed by atoms with Crippen LogP contribution >= 0.6 is 15.9 Å². The monoisotopic (exact) mass is 314 g/mol. The molecule has 1 rings (SSSR count). The van der Waals surface area contributed by atoms with Crippen molar-refractivity contribution in [1.29, 1.82) is 0 Å². The first-order valence-corrected chi connectivity index (χ1v) is 6.87. The highest BCUT2D eigenvalue weighted by Gasteiger charge is 2.17. The molecule has 0 heterocycles. The van der Waals surface area contributed by atoms with E-state index in [1.165, 1.54) is 0 Å². The molecule has 1 aromatic carbocycles. The van der Waals surface area contributed by atoms with Gasteiger partial charge in [0.2, 0.25) is 0 Å². The van der Waals surface area contributed by atoms with E-state index < -0.39 is 0 Å². The van der Waals surface area contributed by atoms with Crippen molar-refractivity contribution in [2.45, 2.75) is 40.2 Å². The number of anilines is 1. The number of nitrogens with one attached hydrogen (secondary N) is 1. The maximum absolute atomic E-state index is 10.9. The maximum atomic E-state index is 10.9. The van der Waals surface area contributed by atoms with Crippen LogP contribution in [0.15, 0.2) is 16.6 Å². The molecule has 2 atom stereocenters. The molecule has 0 fully saturated rings. The molecule has 4 nitrogen and oxygen atoms in total. The molecule has 5 heteroatoms. The van der Waals surface area contributed by atoms with Gasteiger partial charge in [-0.3, -0.25) is 10.1 Å². The van der Waals surface area contributed by atoms with Crippen molar-refractivity contribution in [3.8, 4) is 0 Å². The number of nitro groups is 1. The highest BCUT2D eigenvalue weighted by atomic mass is 79.9. The second kappa shape index (κ2) is 6.18. The van der Waals surface area contributed by atoms with Crippen LogP contribution in [0.1, 0.15) is 32.8 Å². The number of hydrogen-bond acceptors (Lipinski definition) is 3. The predicted octanol–water partition coefficient (Wildman–Crippen LogP) is 4.51. The molecule has 0 saturated heterocycles. The molecular formula is C13H19BrN2O2. The van der Waals surface area contributed by atoms with Gasteiger partial charge in [-0.2, -0.15) is 0 Å². The second-order valence-corrected chi connectivity index (χ2v) is 5.55. The molecule has 0 amide bonds. The van der Waals surface area contributed by atoms with Gasteiger partial charge in [-0.1, -0.05) is 20.3 Å². The van der Waals surface area contributed by atoms with Gasteiger partial charge in [0, 0.05) is 22.1 Å². The number of nitro benzene ring substituents is 1. The Kier molecular flexibility index (Phi) is 5.14. The Labute approximate surface area is 116 Å². The molecule has 0 saturated carbocycles. The molecule has 2 unspecified atom stereocenters. The fourth-order valence-corrected chi connectivity index (χ4v) is 2.28. The predicted molar refractivity (Wildman–Crippen MR) is 78.1 cm³/mol. The first kappa shape index (κ1) is 15.0. The molecule has 1 N–H and O–H groups in total. The molecule has 18 heavy (non-hydrogen) atoms. The first-order valence-electron chi connectivity index (χ1n) is 6.07. The van der Waals surface area contributed by atoms with E-state index >= 15 is 0 Å². The lowest BCUT2D eigenvalue weighted by Crippen LogP contribution is -2.23. The van der Waals surface area contributed by atoms with Gasteiger partial charge in [0.25, 0.3) is 5.69 Å². The van der Waals surface area contributed by atoms with Crippen LogP contribution in [0.4, 0.5) is 11.4 Å². The topological polar surface area (TPSA) is 55.2 Å². The Morgan fingerprint density at radius 3 is 2.56 bits per heavy atom. The largest absolute Gasteiger partial charge is 0.381 e. The molecule has 0 spiro atoms. The van der Waals surface area contributed by atoms with E-state index in [2.05, 4.69) is 42.0 Å². The minimum absolute atomic E-state index is 0.150. The average molecular weight is 315 g/mol. The lowest BCUT2D eigenvalue weighted by atomic mass is 10.0. The van der Waals surface area contributed by atoms with E-state index in [1.54, 1.807) is 19.1 Å². The number of halogens is 1. The second-order valence-electron chi connectivity index (χ2n) is 4.69. The number of rotatable bonds is 5. The van der Waals surface area contributed by atoms with Gasteiger partial charge in [-0.25, -0.2) is 0 Å². The van der Waals surface area contributed by atoms with E-state index in [0.717, 1.165) is 16.6 Å². The molecule has 0 aliphatic rings. The molecule has 0 aliphatic heterocycles. The zero-order chi connectivity index (χ0) is 13.9. The Morgan fingerprint density at radius 2 is 2.06 bits per heavy atom. The normalized spacial score (nSPS) is 14.1. The first-order chi connectivity index (χ1) is 8.36. The van der Waals surface area contributed by atoms with Crippen molar-refractivity contribution in [3.05, 3.63) is 32.3 Å². The molecule has 0 aromatic heterocycles. The van der Waals surface area contributed by atoms with Crippen LogP contribution < -0.4 is 5.32 Å². The van der Waals surface area contributed by atoms with Gasteiger partial charge >= 0.3 is 0 Å². The quantitative estimate of drug-likeness (QED) is 0.642. The number of hydrogen-bond donors (Lipinski definition) is 1. The highest BCUT2D eigenvalue weighted by Crippen LogP contribution is 2.31. The molecule has 0 bridgehead atoms. The lowest BCUT2D eigenvalue weighted by molar-refractivity contribution is -0.385. The van der Waals surface area contributed by atoms with Crippen molar-refractivity contribution in [2.75, 3.05) is 5.32 Å². The number of benzene rings is 1. The molecule has 0 radical (unpaired) electrons. The van der Waals surface area contributed by atoms with Crippen LogP contribution in [0.25, 0.3) is 0 Å². The van der Waals surface area contributed by atoms with E-state index in [9.17, 15) is 10.1 Å². The Bertz CT molecular complexity index is 449. The maximum Gasteiger partial charge on any atom is 0.274 e. The van der Waals surface area contributed by atoms with Crippen LogP contribution in [0, 0.1) is 23.0 Å². The summed E-state index contributed by atoms with van der Waals surface area (Å²) in [6.45, 7) is 8.13. The molecule has 100 valence electrons. The summed E-state index contributed by atoms with van der Waals surface area (Å²) in [5.74, 6) is 0.511. The summed E-state index contributed by atoms with van der Waals surface area (Å²) in [5, 5.41) is 14.3. The summed E-state index contributed by atoms with van der Waals surface area (Å²) in [4.78, 5) is 10.6. The van der Waals surface area contributed by atoms with E-state index in [-0.39, 0.29) is 16.7 Å². The molecule has 0 aliphatic carbocycles. The summed E-state index contributed by atoms with van der Waals surface area (Å²) < 4.78 is 0.862. The standard InChI is InChI=1S/C13H19BrN2O2/c1-5-8(2)10(4)15-12-7-13(16(17)18)9(3)6-11(12)14/h6-8,10,15H,5H2,1-4H3. The third-order valence-electron chi connectivity index (χ3n) is 3.36. The SMILES string of the molecule is CCC(C)C(C)Nc1cc([N+](=O)[O-])c(C)cc1Br. The summed E-state index contributed by atoms with van der Waals surface area (Å²) in [7, 11) is 0. The smallest absolute Gasteiger partial charge is 0.274 e.